The summed E-state index contributed by atoms with van der Waals surface area (Å²) in [5.41, 5.74) is 3.61. The number of amides is 2. The van der Waals surface area contributed by atoms with Crippen molar-refractivity contribution in [3.8, 4) is 0 Å². The molecule has 3 aromatic rings. The van der Waals surface area contributed by atoms with Crippen molar-refractivity contribution in [1.82, 2.24) is 5.01 Å². The SMILES string of the molecule is Cc1ccc(NC(=O)C[C@H]2SC(N3N=C(c4cccs4)C[C@@H]3c3ccccc3)=NC2=O)cc1Cl. The first-order chi connectivity index (χ1) is 16.5. The van der Waals surface area contributed by atoms with Crippen LogP contribution in [0.2, 0.25) is 5.02 Å². The van der Waals surface area contributed by atoms with Crippen LogP contribution >= 0.6 is 34.7 Å². The van der Waals surface area contributed by atoms with E-state index in [1.807, 2.05) is 53.7 Å². The number of halogens is 1. The molecule has 2 aliphatic rings. The van der Waals surface area contributed by atoms with Crippen molar-refractivity contribution in [3.05, 3.63) is 87.1 Å². The maximum absolute atomic E-state index is 12.7. The lowest BCUT2D eigenvalue weighted by Crippen LogP contribution is -2.25. The van der Waals surface area contributed by atoms with Crippen molar-refractivity contribution in [2.75, 3.05) is 5.32 Å². The van der Waals surface area contributed by atoms with Gasteiger partial charge in [0.25, 0.3) is 5.91 Å². The minimum Gasteiger partial charge on any atom is -0.326 e. The van der Waals surface area contributed by atoms with E-state index >= 15 is 0 Å². The van der Waals surface area contributed by atoms with E-state index in [-0.39, 0.29) is 24.3 Å². The Morgan fingerprint density at radius 2 is 2.00 bits per heavy atom. The first-order valence-corrected chi connectivity index (χ1v) is 12.9. The van der Waals surface area contributed by atoms with Gasteiger partial charge in [-0.3, -0.25) is 9.59 Å². The Bertz CT molecular complexity index is 1290. The van der Waals surface area contributed by atoms with Gasteiger partial charge in [-0.25, -0.2) is 5.01 Å². The molecular formula is C25H21ClN4O2S2. The second-order valence-electron chi connectivity index (χ2n) is 8.05. The summed E-state index contributed by atoms with van der Waals surface area (Å²) in [4.78, 5) is 30.7. The van der Waals surface area contributed by atoms with Crippen LogP contribution in [-0.4, -0.2) is 33.0 Å². The number of hydrogen-bond acceptors (Lipinski definition) is 6. The lowest BCUT2D eigenvalue weighted by Gasteiger charge is -2.23. The molecule has 3 heterocycles. The van der Waals surface area contributed by atoms with Crippen LogP contribution in [0.4, 0.5) is 5.69 Å². The Labute approximate surface area is 210 Å². The molecule has 2 aromatic carbocycles. The third-order valence-corrected chi connectivity index (χ3v) is 8.12. The first kappa shape index (κ1) is 22.8. The zero-order valence-corrected chi connectivity index (χ0v) is 20.7. The van der Waals surface area contributed by atoms with Crippen LogP contribution in [0.1, 0.15) is 34.9 Å². The number of nitrogens with one attached hydrogen (secondary N) is 1. The number of amidine groups is 1. The minimum absolute atomic E-state index is 0.0212. The molecule has 1 aromatic heterocycles. The summed E-state index contributed by atoms with van der Waals surface area (Å²) < 4.78 is 0. The molecule has 2 aliphatic heterocycles. The average molecular weight is 509 g/mol. The number of aliphatic imine (C=N–C) groups is 1. The summed E-state index contributed by atoms with van der Waals surface area (Å²) in [6, 6.07) is 19.4. The summed E-state index contributed by atoms with van der Waals surface area (Å²) in [6.07, 6.45) is 0.741. The molecule has 172 valence electrons. The second kappa shape index (κ2) is 9.74. The zero-order chi connectivity index (χ0) is 23.7. The fraction of sp³-hybridized carbons (Fsp3) is 0.200. The van der Waals surface area contributed by atoms with Crippen molar-refractivity contribution >= 4 is 63.1 Å². The van der Waals surface area contributed by atoms with Gasteiger partial charge < -0.3 is 5.32 Å². The van der Waals surface area contributed by atoms with Gasteiger partial charge in [-0.15, -0.1) is 11.3 Å². The molecular weight excluding hydrogens is 488 g/mol. The van der Waals surface area contributed by atoms with Gasteiger partial charge in [-0.2, -0.15) is 10.1 Å². The average Bonchev–Trinajstić information content (AvgIpc) is 3.57. The molecule has 9 heteroatoms. The van der Waals surface area contributed by atoms with Crippen LogP contribution in [0.15, 0.2) is 76.1 Å². The molecule has 5 rings (SSSR count). The molecule has 0 saturated heterocycles. The maximum atomic E-state index is 12.7. The highest BCUT2D eigenvalue weighted by molar-refractivity contribution is 8.15. The van der Waals surface area contributed by atoms with Gasteiger partial charge >= 0.3 is 0 Å². The predicted octanol–water partition coefficient (Wildman–Crippen LogP) is 5.89. The van der Waals surface area contributed by atoms with Crippen LogP contribution in [-0.2, 0) is 9.59 Å². The highest BCUT2D eigenvalue weighted by atomic mass is 35.5. The zero-order valence-electron chi connectivity index (χ0n) is 18.3. The molecule has 0 unspecified atom stereocenters. The van der Waals surface area contributed by atoms with Gasteiger partial charge in [0.2, 0.25) is 5.91 Å². The van der Waals surface area contributed by atoms with E-state index in [4.69, 9.17) is 16.7 Å². The van der Waals surface area contributed by atoms with E-state index in [1.165, 1.54) is 11.8 Å². The molecule has 0 radical (unpaired) electrons. The molecule has 34 heavy (non-hydrogen) atoms. The third kappa shape index (κ3) is 4.80. The number of benzene rings is 2. The van der Waals surface area contributed by atoms with E-state index in [1.54, 1.807) is 23.5 Å². The fourth-order valence-corrected chi connectivity index (χ4v) is 5.83. The van der Waals surface area contributed by atoms with E-state index in [9.17, 15) is 9.59 Å². The molecule has 6 nitrogen and oxygen atoms in total. The number of aryl methyl sites for hydroxylation is 1. The van der Waals surface area contributed by atoms with Crippen LogP contribution in [0.25, 0.3) is 0 Å². The lowest BCUT2D eigenvalue weighted by atomic mass is 10.0. The quantitative estimate of drug-likeness (QED) is 0.466. The van der Waals surface area contributed by atoms with Crippen LogP contribution < -0.4 is 5.32 Å². The van der Waals surface area contributed by atoms with Gasteiger partial charge in [0.05, 0.1) is 16.6 Å². The highest BCUT2D eigenvalue weighted by Gasteiger charge is 2.39. The van der Waals surface area contributed by atoms with Crippen molar-refractivity contribution in [1.29, 1.82) is 0 Å². The summed E-state index contributed by atoms with van der Waals surface area (Å²) >= 11 is 9.09. The molecule has 2 amide bonds. The number of anilines is 1. The molecule has 0 fully saturated rings. The number of thioether (sulfide) groups is 1. The monoisotopic (exact) mass is 508 g/mol. The first-order valence-electron chi connectivity index (χ1n) is 10.8. The van der Waals surface area contributed by atoms with Crippen molar-refractivity contribution in [3.63, 3.8) is 0 Å². The van der Waals surface area contributed by atoms with E-state index in [0.29, 0.717) is 15.9 Å². The number of hydrogen-bond donors (Lipinski definition) is 1. The van der Waals surface area contributed by atoms with E-state index in [2.05, 4.69) is 22.4 Å². The Morgan fingerprint density at radius 1 is 1.18 bits per heavy atom. The van der Waals surface area contributed by atoms with Crippen LogP contribution in [0.5, 0.6) is 0 Å². The second-order valence-corrected chi connectivity index (χ2v) is 10.6. The van der Waals surface area contributed by atoms with Gasteiger partial charge in [0.15, 0.2) is 5.17 Å². The molecule has 2 atom stereocenters. The van der Waals surface area contributed by atoms with E-state index in [0.717, 1.165) is 28.1 Å². The molecule has 1 N–H and O–H groups in total. The molecule has 0 aliphatic carbocycles. The molecule has 0 bridgehead atoms. The van der Waals surface area contributed by atoms with Crippen molar-refractivity contribution in [2.45, 2.75) is 31.1 Å². The van der Waals surface area contributed by atoms with Gasteiger partial charge in [-0.05, 0) is 41.6 Å². The Morgan fingerprint density at radius 3 is 2.74 bits per heavy atom. The summed E-state index contributed by atoms with van der Waals surface area (Å²) in [5, 5.41) is 12.1. The number of nitrogens with zero attached hydrogens (tertiary/aromatic N) is 3. The lowest BCUT2D eigenvalue weighted by molar-refractivity contribution is -0.121. The highest BCUT2D eigenvalue weighted by Crippen LogP contribution is 2.39. The smallest absolute Gasteiger partial charge is 0.262 e. The minimum atomic E-state index is -0.590. The molecule has 0 spiro atoms. The summed E-state index contributed by atoms with van der Waals surface area (Å²) in [5.74, 6) is -0.574. The van der Waals surface area contributed by atoms with Crippen molar-refractivity contribution < 1.29 is 9.59 Å². The number of carbonyl (C=O) groups is 2. The summed E-state index contributed by atoms with van der Waals surface area (Å²) in [7, 11) is 0. The normalized spacial score (nSPS) is 19.8. The Hall–Kier alpha value is -2.94. The van der Waals surface area contributed by atoms with Crippen molar-refractivity contribution in [2.24, 2.45) is 10.1 Å². The summed E-state index contributed by atoms with van der Waals surface area (Å²) in [6.45, 7) is 1.90. The van der Waals surface area contributed by atoms with Gasteiger partial charge in [0.1, 0.15) is 5.25 Å². The van der Waals surface area contributed by atoms with Crippen LogP contribution in [0.3, 0.4) is 0 Å². The maximum Gasteiger partial charge on any atom is 0.262 e. The fourth-order valence-electron chi connectivity index (χ4n) is 3.87. The Balaban J connectivity index is 1.31. The number of rotatable bonds is 5. The third-order valence-electron chi connectivity index (χ3n) is 5.65. The van der Waals surface area contributed by atoms with Gasteiger partial charge in [0, 0.05) is 23.6 Å². The van der Waals surface area contributed by atoms with Crippen LogP contribution in [0, 0.1) is 6.92 Å². The number of hydrazone groups is 1. The largest absolute Gasteiger partial charge is 0.326 e. The van der Waals surface area contributed by atoms with Gasteiger partial charge in [-0.1, -0.05) is 65.8 Å². The predicted molar refractivity (Wildman–Crippen MR) is 140 cm³/mol. The van der Waals surface area contributed by atoms with E-state index < -0.39 is 5.25 Å². The standard InChI is InChI=1S/C25H21ClN4O2S2/c1-15-9-10-17(12-18(15)26)27-23(31)14-22-24(32)28-25(34-22)30-20(16-6-3-2-4-7-16)13-19(29-30)21-8-5-11-33-21/h2-12,20,22H,13-14H2,1H3,(H,27,31)/t20-,22-/m1/s1. The molecule has 0 saturated carbocycles. The topological polar surface area (TPSA) is 74.1 Å². The number of carbonyl (C=O) groups excluding carboxylic acids is 2. The Kier molecular flexibility index (Phi) is 6.54. The number of thiophene rings is 1.